The topological polar surface area (TPSA) is 43.2 Å². The van der Waals surface area contributed by atoms with E-state index in [9.17, 15) is 0 Å². The van der Waals surface area contributed by atoms with Gasteiger partial charge in [0.05, 0.1) is 12.3 Å². The van der Waals surface area contributed by atoms with Crippen LogP contribution in [-0.2, 0) is 18.3 Å². The molecule has 2 aliphatic rings. The molecule has 1 aliphatic carbocycles. The number of aromatic nitrogens is 3. The van der Waals surface area contributed by atoms with Crippen LogP contribution in [0.2, 0.25) is 0 Å². The molecule has 0 unspecified atom stereocenters. The lowest BCUT2D eigenvalue weighted by molar-refractivity contribution is 0.0884. The van der Waals surface area contributed by atoms with Gasteiger partial charge in [0.2, 0.25) is 0 Å². The molecule has 3 heterocycles. The van der Waals surface area contributed by atoms with E-state index in [2.05, 4.69) is 41.0 Å². The normalized spacial score (nSPS) is 23.7. The second kappa shape index (κ2) is 7.49. The Morgan fingerprint density at radius 2 is 2.00 bits per heavy atom. The van der Waals surface area contributed by atoms with E-state index >= 15 is 0 Å². The number of rotatable bonds is 7. The number of aryl methyl sites for hydroxylation is 2. The molecule has 2 atom stereocenters. The third-order valence-corrected chi connectivity index (χ3v) is 6.01. The molecule has 5 heteroatoms. The third-order valence-electron chi connectivity index (χ3n) is 6.01. The highest BCUT2D eigenvalue weighted by Gasteiger charge is 2.35. The Hall–Kier alpha value is -1.72. The summed E-state index contributed by atoms with van der Waals surface area (Å²) in [6, 6.07) is 6.27. The summed E-state index contributed by atoms with van der Waals surface area (Å²) in [6.07, 6.45) is 4.61. The second-order valence-electron chi connectivity index (χ2n) is 8.07. The number of ether oxygens (including phenoxy) is 1. The molecule has 5 nitrogen and oxygen atoms in total. The average Bonchev–Trinajstić information content (AvgIpc) is 3.33. The van der Waals surface area contributed by atoms with Gasteiger partial charge in [0.15, 0.2) is 0 Å². The minimum absolute atomic E-state index is 0.452. The van der Waals surface area contributed by atoms with Crippen molar-refractivity contribution < 1.29 is 4.74 Å². The monoisotopic (exact) mass is 354 g/mol. The van der Waals surface area contributed by atoms with E-state index in [1.54, 1.807) is 0 Å². The molecule has 1 aliphatic heterocycles. The molecule has 0 spiro atoms. The van der Waals surface area contributed by atoms with Crippen LogP contribution in [0.15, 0.2) is 24.4 Å². The van der Waals surface area contributed by atoms with E-state index < -0.39 is 0 Å². The van der Waals surface area contributed by atoms with Crippen molar-refractivity contribution in [3.05, 3.63) is 47.0 Å². The number of nitrogens with zero attached hydrogens (tertiary/aromatic N) is 4. The zero-order valence-corrected chi connectivity index (χ0v) is 16.2. The summed E-state index contributed by atoms with van der Waals surface area (Å²) in [5, 5.41) is 4.58. The first-order chi connectivity index (χ1) is 12.6. The molecular formula is C21H30N4O. The van der Waals surface area contributed by atoms with Crippen LogP contribution >= 0.6 is 0 Å². The van der Waals surface area contributed by atoms with Gasteiger partial charge in [-0.3, -0.25) is 14.6 Å². The molecule has 2 aromatic rings. The Bertz CT molecular complexity index is 738. The van der Waals surface area contributed by atoms with Gasteiger partial charge in [-0.25, -0.2) is 0 Å². The van der Waals surface area contributed by atoms with Crippen molar-refractivity contribution in [3.63, 3.8) is 0 Å². The van der Waals surface area contributed by atoms with Gasteiger partial charge in [0.25, 0.3) is 0 Å². The number of hydrogen-bond acceptors (Lipinski definition) is 4. The highest BCUT2D eigenvalue weighted by atomic mass is 16.5. The van der Waals surface area contributed by atoms with E-state index in [4.69, 9.17) is 4.74 Å². The minimum atomic E-state index is 0.452. The Morgan fingerprint density at radius 1 is 1.15 bits per heavy atom. The summed E-state index contributed by atoms with van der Waals surface area (Å²) in [6.45, 7) is 9.14. The molecule has 4 rings (SSSR count). The van der Waals surface area contributed by atoms with Crippen LogP contribution in [0.4, 0.5) is 0 Å². The van der Waals surface area contributed by atoms with Crippen LogP contribution in [0.1, 0.15) is 41.4 Å². The molecule has 1 saturated carbocycles. The molecule has 0 amide bonds. The van der Waals surface area contributed by atoms with Crippen LogP contribution in [0, 0.1) is 25.7 Å². The average molecular weight is 354 g/mol. The zero-order chi connectivity index (χ0) is 18.1. The van der Waals surface area contributed by atoms with Crippen molar-refractivity contribution in [2.24, 2.45) is 18.9 Å². The van der Waals surface area contributed by atoms with Crippen LogP contribution in [0.3, 0.4) is 0 Å². The fourth-order valence-electron chi connectivity index (χ4n) is 4.13. The van der Waals surface area contributed by atoms with Gasteiger partial charge in [0.1, 0.15) is 0 Å². The lowest BCUT2D eigenvalue weighted by atomic mass is 9.93. The first kappa shape index (κ1) is 17.7. The van der Waals surface area contributed by atoms with Crippen molar-refractivity contribution in [2.45, 2.75) is 39.2 Å². The van der Waals surface area contributed by atoms with E-state index in [1.807, 2.05) is 24.0 Å². The SMILES string of the molecule is Cc1nn(C)c(C)c1CN1C[C@@H](COCC2CC2)[C@H](c2ccccn2)C1. The predicted molar refractivity (Wildman–Crippen MR) is 102 cm³/mol. The third kappa shape index (κ3) is 3.84. The predicted octanol–water partition coefficient (Wildman–Crippen LogP) is 3.07. The lowest BCUT2D eigenvalue weighted by Gasteiger charge is -2.17. The van der Waals surface area contributed by atoms with Crippen molar-refractivity contribution in [3.8, 4) is 0 Å². The maximum Gasteiger partial charge on any atom is 0.0641 e. The Labute approximate surface area is 156 Å². The number of pyridine rings is 1. The molecule has 0 radical (unpaired) electrons. The van der Waals surface area contributed by atoms with Crippen molar-refractivity contribution in [1.29, 1.82) is 0 Å². The quantitative estimate of drug-likeness (QED) is 0.766. The van der Waals surface area contributed by atoms with Gasteiger partial charge < -0.3 is 4.74 Å². The highest BCUT2D eigenvalue weighted by molar-refractivity contribution is 5.25. The van der Waals surface area contributed by atoms with E-state index in [-0.39, 0.29) is 0 Å². The van der Waals surface area contributed by atoms with Crippen molar-refractivity contribution in [1.82, 2.24) is 19.7 Å². The zero-order valence-electron chi connectivity index (χ0n) is 16.2. The summed E-state index contributed by atoms with van der Waals surface area (Å²) in [5.74, 6) is 1.79. The van der Waals surface area contributed by atoms with Crippen molar-refractivity contribution in [2.75, 3.05) is 26.3 Å². The molecule has 0 bridgehead atoms. The molecule has 26 heavy (non-hydrogen) atoms. The summed E-state index contributed by atoms with van der Waals surface area (Å²) in [7, 11) is 2.03. The summed E-state index contributed by atoms with van der Waals surface area (Å²) < 4.78 is 8.07. The Kier molecular flexibility index (Phi) is 5.09. The molecule has 1 saturated heterocycles. The Balaban J connectivity index is 1.46. The van der Waals surface area contributed by atoms with Gasteiger partial charge in [-0.2, -0.15) is 5.10 Å². The highest BCUT2D eigenvalue weighted by Crippen LogP contribution is 2.34. The standard InChI is InChI=1S/C21H30N4O/c1-15-19(16(2)24(3)23-15)11-25-10-18(14-26-13-17-7-8-17)20(12-25)21-6-4-5-9-22-21/h4-6,9,17-18,20H,7-8,10-14H2,1-3H3/t18-,20+/m0/s1. The van der Waals surface area contributed by atoms with Gasteiger partial charge in [-0.05, 0) is 44.7 Å². The van der Waals surface area contributed by atoms with Gasteiger partial charge >= 0.3 is 0 Å². The van der Waals surface area contributed by atoms with Gasteiger partial charge in [0, 0.05) is 68.3 Å². The van der Waals surface area contributed by atoms with E-state index in [1.165, 1.54) is 29.8 Å². The van der Waals surface area contributed by atoms with E-state index in [0.717, 1.165) is 44.5 Å². The fourth-order valence-corrected chi connectivity index (χ4v) is 4.13. The summed E-state index contributed by atoms with van der Waals surface area (Å²) in [5.41, 5.74) is 4.99. The molecule has 2 fully saturated rings. The fraction of sp³-hybridized carbons (Fsp3) is 0.619. The number of likely N-dealkylation sites (tertiary alicyclic amines) is 1. The summed E-state index contributed by atoms with van der Waals surface area (Å²) >= 11 is 0. The molecular weight excluding hydrogens is 324 g/mol. The van der Waals surface area contributed by atoms with Crippen LogP contribution in [-0.4, -0.2) is 46.0 Å². The van der Waals surface area contributed by atoms with Gasteiger partial charge in [-0.1, -0.05) is 6.07 Å². The van der Waals surface area contributed by atoms with Gasteiger partial charge in [-0.15, -0.1) is 0 Å². The number of hydrogen-bond donors (Lipinski definition) is 0. The molecule has 0 N–H and O–H groups in total. The molecule has 0 aromatic carbocycles. The smallest absolute Gasteiger partial charge is 0.0641 e. The maximum atomic E-state index is 6.07. The van der Waals surface area contributed by atoms with Crippen LogP contribution in [0.25, 0.3) is 0 Å². The van der Waals surface area contributed by atoms with Crippen LogP contribution in [0.5, 0.6) is 0 Å². The molecule has 140 valence electrons. The van der Waals surface area contributed by atoms with E-state index in [0.29, 0.717) is 11.8 Å². The maximum absolute atomic E-state index is 6.07. The lowest BCUT2D eigenvalue weighted by Crippen LogP contribution is -2.22. The minimum Gasteiger partial charge on any atom is -0.381 e. The molecule has 2 aromatic heterocycles. The summed E-state index contributed by atoms with van der Waals surface area (Å²) in [4.78, 5) is 7.21. The second-order valence-corrected chi connectivity index (χ2v) is 8.07. The first-order valence-corrected chi connectivity index (χ1v) is 9.82. The van der Waals surface area contributed by atoms with Crippen molar-refractivity contribution >= 4 is 0 Å². The first-order valence-electron chi connectivity index (χ1n) is 9.82. The Morgan fingerprint density at radius 3 is 2.65 bits per heavy atom. The van der Waals surface area contributed by atoms with Crippen LogP contribution < -0.4 is 0 Å². The largest absolute Gasteiger partial charge is 0.381 e.